The number of carbonyl (C=O) groups excluding carboxylic acids is 4. The average molecular weight is 793 g/mol. The molecule has 2 aliphatic carbocycles. The molecule has 11 aliphatic rings. The molecule has 14 nitrogen and oxygen atoms in total. The van der Waals surface area contributed by atoms with E-state index in [1.54, 1.807) is 48.3 Å². The van der Waals surface area contributed by atoms with Crippen LogP contribution in [0.1, 0.15) is 62.5 Å². The molecule has 4 spiro atoms. The molecule has 9 aliphatic heterocycles. The van der Waals surface area contributed by atoms with E-state index in [9.17, 15) is 9.59 Å². The first-order valence-corrected chi connectivity index (χ1v) is 20.5. The molecule has 8 atom stereocenters. The summed E-state index contributed by atoms with van der Waals surface area (Å²) in [5.41, 5.74) is -4.82. The van der Waals surface area contributed by atoms with Gasteiger partial charge in [0.1, 0.15) is 22.6 Å². The lowest BCUT2D eigenvalue weighted by Gasteiger charge is -2.64. The fourth-order valence-corrected chi connectivity index (χ4v) is 13.8. The monoisotopic (exact) mass is 792 g/mol. The summed E-state index contributed by atoms with van der Waals surface area (Å²) in [5, 5.41) is 0. The first-order valence-electron chi connectivity index (χ1n) is 20.5. The number of benzene rings is 2. The number of rotatable bonds is 2. The van der Waals surface area contributed by atoms with Crippen molar-refractivity contribution in [1.29, 1.82) is 0 Å². The van der Waals surface area contributed by atoms with Gasteiger partial charge in [-0.15, -0.1) is 0 Å². The molecule has 8 bridgehead atoms. The number of fused-ring (bicyclic) bond motifs is 6. The fourth-order valence-electron chi connectivity index (χ4n) is 13.8. The van der Waals surface area contributed by atoms with Gasteiger partial charge in [0, 0.05) is 61.2 Å². The number of esters is 2. The fraction of sp³-hybridized carbons (Fsp3) is 0.545. The normalized spacial score (nSPS) is 38.8. The molecule has 2 amide bonds. The van der Waals surface area contributed by atoms with E-state index >= 15 is 9.59 Å². The number of amides is 2. The predicted molar refractivity (Wildman–Crippen MR) is 208 cm³/mol. The van der Waals surface area contributed by atoms with E-state index in [1.807, 2.05) is 12.1 Å². The number of anilines is 2. The zero-order valence-electron chi connectivity index (χ0n) is 33.3. The zero-order valence-corrected chi connectivity index (χ0v) is 33.3. The molecule has 14 heteroatoms. The molecule has 2 aromatic carbocycles. The van der Waals surface area contributed by atoms with Crippen LogP contribution in [0.15, 0.2) is 60.7 Å². The molecule has 0 N–H and O–H groups in total. The van der Waals surface area contributed by atoms with Crippen LogP contribution in [0, 0.1) is 11.8 Å². The summed E-state index contributed by atoms with van der Waals surface area (Å²) in [5.74, 6) is -2.03. The third-order valence-electron chi connectivity index (χ3n) is 16.2. The third-order valence-corrected chi connectivity index (χ3v) is 16.2. The van der Waals surface area contributed by atoms with Gasteiger partial charge in [-0.2, -0.15) is 0 Å². The molecule has 9 heterocycles. The topological polar surface area (TPSA) is 137 Å². The molecule has 4 unspecified atom stereocenters. The predicted octanol–water partition coefficient (Wildman–Crippen LogP) is 5.17. The Hall–Kier alpha value is -5.08. The second-order valence-electron chi connectivity index (χ2n) is 17.6. The highest BCUT2D eigenvalue weighted by Gasteiger charge is 2.80. The maximum atomic E-state index is 16.3. The molecule has 2 saturated carbocycles. The molecule has 0 aromatic heterocycles. The Morgan fingerprint density at radius 3 is 1.45 bits per heavy atom. The molecule has 5 saturated heterocycles. The maximum absolute atomic E-state index is 16.3. The number of hydrogen-bond donors (Lipinski definition) is 0. The van der Waals surface area contributed by atoms with Gasteiger partial charge in [-0.3, -0.25) is 29.2 Å². The lowest BCUT2D eigenvalue weighted by Crippen LogP contribution is -2.77. The minimum absolute atomic E-state index is 0.278. The minimum Gasteiger partial charge on any atom is -0.497 e. The number of carbonyl (C=O) groups is 4. The second kappa shape index (κ2) is 11.8. The Balaban J connectivity index is 1.24. The van der Waals surface area contributed by atoms with Gasteiger partial charge >= 0.3 is 24.1 Å². The van der Waals surface area contributed by atoms with Crippen LogP contribution in [0.3, 0.4) is 0 Å². The zero-order chi connectivity index (χ0) is 40.0. The summed E-state index contributed by atoms with van der Waals surface area (Å²) in [7, 11) is 5.81. The quantitative estimate of drug-likeness (QED) is 0.226. The van der Waals surface area contributed by atoms with Crippen LogP contribution in [-0.4, -0.2) is 111 Å². The Morgan fingerprint density at radius 2 is 1.05 bits per heavy atom. The first-order chi connectivity index (χ1) is 28.0. The van der Waals surface area contributed by atoms with Crippen molar-refractivity contribution >= 4 is 35.5 Å². The summed E-state index contributed by atoms with van der Waals surface area (Å²) in [6, 6.07) is 10.9. The van der Waals surface area contributed by atoms with E-state index in [-0.39, 0.29) is 12.8 Å². The standard InChI is InChI=1S/C44H48N4O10/c1-53-27-7-9-33-29(23-27)43-17-21-45-19-5-11-39(45)13-15-41(43,47(33)37(51)55-3)31(25-39)36(50)58-44-18-22-46-20-6-12-40(46)14-16-42(44,32(26-40)35(49)57-43)48(38(52)56-4)34-10-8-28(54-2)24-30(34)44/h5-12,23-24,31-32H,13-22,25-26H2,1-4H3/t31-,32?,39?,40?,41-,42-,43-,44?/m1/s1. The van der Waals surface area contributed by atoms with E-state index in [1.165, 1.54) is 14.2 Å². The minimum atomic E-state index is -1.55. The summed E-state index contributed by atoms with van der Waals surface area (Å²) < 4.78 is 37.7. The van der Waals surface area contributed by atoms with E-state index in [2.05, 4.69) is 34.1 Å². The van der Waals surface area contributed by atoms with Crippen molar-refractivity contribution < 1.29 is 47.6 Å². The highest BCUT2D eigenvalue weighted by atomic mass is 16.6. The van der Waals surface area contributed by atoms with Crippen molar-refractivity contribution in [3.63, 3.8) is 0 Å². The van der Waals surface area contributed by atoms with Crippen LogP contribution in [0.4, 0.5) is 21.0 Å². The number of methoxy groups -OCH3 is 4. The molecular formula is C44H48N4O10. The van der Waals surface area contributed by atoms with Crippen LogP contribution in [0.5, 0.6) is 11.5 Å². The van der Waals surface area contributed by atoms with Crippen molar-refractivity contribution in [2.75, 3.05) is 64.4 Å². The lowest BCUT2D eigenvalue weighted by atomic mass is 9.54. The smallest absolute Gasteiger partial charge is 0.414 e. The summed E-state index contributed by atoms with van der Waals surface area (Å²) in [6.45, 7) is 2.39. The highest BCUT2D eigenvalue weighted by molar-refractivity contribution is 5.99. The summed E-state index contributed by atoms with van der Waals surface area (Å²) in [4.78, 5) is 69.6. The largest absolute Gasteiger partial charge is 0.497 e. The second-order valence-corrected chi connectivity index (χ2v) is 17.6. The van der Waals surface area contributed by atoms with Crippen LogP contribution >= 0.6 is 0 Å². The van der Waals surface area contributed by atoms with Crippen molar-refractivity contribution in [2.24, 2.45) is 11.8 Å². The molecule has 58 heavy (non-hydrogen) atoms. The van der Waals surface area contributed by atoms with Crippen LogP contribution in [0.25, 0.3) is 0 Å². The molecule has 2 aromatic rings. The number of hydrogen-bond acceptors (Lipinski definition) is 12. The number of nitrogens with zero attached hydrogens (tertiary/aromatic N) is 4. The highest BCUT2D eigenvalue weighted by Crippen LogP contribution is 2.70. The number of ether oxygens (including phenoxy) is 6. The van der Waals surface area contributed by atoms with Gasteiger partial charge in [0.05, 0.1) is 51.6 Å². The van der Waals surface area contributed by atoms with E-state index in [0.29, 0.717) is 98.7 Å². The van der Waals surface area contributed by atoms with Gasteiger partial charge in [0.15, 0.2) is 11.2 Å². The Kier molecular flexibility index (Phi) is 7.32. The molecule has 0 radical (unpaired) electrons. The van der Waals surface area contributed by atoms with Crippen LogP contribution < -0.4 is 19.3 Å². The van der Waals surface area contributed by atoms with Gasteiger partial charge in [0.2, 0.25) is 0 Å². The summed E-state index contributed by atoms with van der Waals surface area (Å²) >= 11 is 0. The van der Waals surface area contributed by atoms with Crippen molar-refractivity contribution in [2.45, 2.75) is 84.7 Å². The maximum Gasteiger partial charge on any atom is 0.414 e. The molecular weight excluding hydrogens is 745 g/mol. The van der Waals surface area contributed by atoms with Gasteiger partial charge < -0.3 is 28.4 Å². The molecule has 13 rings (SSSR count). The molecule has 304 valence electrons. The molecule has 7 fully saturated rings. The van der Waals surface area contributed by atoms with E-state index in [0.717, 1.165) is 0 Å². The van der Waals surface area contributed by atoms with E-state index < -0.39 is 69.3 Å². The van der Waals surface area contributed by atoms with Gasteiger partial charge in [-0.05, 0) is 74.9 Å². The van der Waals surface area contributed by atoms with E-state index in [4.69, 9.17) is 28.4 Å². The Labute approximate surface area is 336 Å². The van der Waals surface area contributed by atoms with Crippen LogP contribution in [-0.2, 0) is 39.7 Å². The Morgan fingerprint density at radius 1 is 0.621 bits per heavy atom. The first kappa shape index (κ1) is 36.0. The van der Waals surface area contributed by atoms with Crippen molar-refractivity contribution in [3.05, 3.63) is 71.8 Å². The SMILES string of the molecule is COC(=O)N1c2ccc(OC)cc2C23CCN4CC=CC45CC[C@]12C(C5)C(=O)O[C@@]12CCN4CC=CC45CC[C@]1([C@H](C5)C(=O)O3)N(C(=O)OC)c1ccc(OC)cc12. The summed E-state index contributed by atoms with van der Waals surface area (Å²) in [6.07, 6.45) is 10.4. The average Bonchev–Trinajstić information content (AvgIpc) is 3.92. The lowest BCUT2D eigenvalue weighted by molar-refractivity contribution is -0.229. The van der Waals surface area contributed by atoms with Gasteiger partial charge in [-0.1, -0.05) is 24.3 Å². The van der Waals surface area contributed by atoms with Crippen LogP contribution in [0.2, 0.25) is 0 Å². The van der Waals surface area contributed by atoms with Gasteiger partial charge in [0.25, 0.3) is 0 Å². The van der Waals surface area contributed by atoms with Crippen molar-refractivity contribution in [3.8, 4) is 11.5 Å². The van der Waals surface area contributed by atoms with Gasteiger partial charge in [-0.25, -0.2) is 9.59 Å². The third kappa shape index (κ3) is 3.96. The van der Waals surface area contributed by atoms with Crippen molar-refractivity contribution in [1.82, 2.24) is 9.80 Å². The Bertz CT molecular complexity index is 2110.